The monoisotopic (exact) mass is 388 g/mol. The largest absolute Gasteiger partial charge is 0.497 e. The second-order valence-corrected chi connectivity index (χ2v) is 6.95. The highest BCUT2D eigenvalue weighted by atomic mass is 16.5. The van der Waals surface area contributed by atoms with E-state index in [1.807, 2.05) is 38.1 Å². The summed E-state index contributed by atoms with van der Waals surface area (Å²) in [6.07, 6.45) is 4.15. The third-order valence-corrected chi connectivity index (χ3v) is 5.36. The topological polar surface area (TPSA) is 60.3 Å². The average Bonchev–Trinajstić information content (AvgIpc) is 3.30. The third kappa shape index (κ3) is 3.12. The zero-order chi connectivity index (χ0) is 20.5. The maximum absolute atomic E-state index is 12.7. The molecule has 2 amide bonds. The van der Waals surface area contributed by atoms with Crippen molar-refractivity contribution in [1.82, 2.24) is 9.88 Å². The number of methoxy groups -OCH3 is 1. The van der Waals surface area contributed by atoms with Crippen LogP contribution in [0.25, 0.3) is 22.0 Å². The molecule has 0 atom stereocenters. The van der Waals surface area contributed by atoms with Gasteiger partial charge in [0.2, 0.25) is 0 Å². The van der Waals surface area contributed by atoms with Crippen LogP contribution in [0.5, 0.6) is 5.75 Å². The molecule has 0 saturated carbocycles. The number of amides is 2. The molecule has 2 aliphatic heterocycles. The molecule has 0 bridgehead atoms. The lowest BCUT2D eigenvalue weighted by atomic mass is 9.92. The number of aromatic nitrogens is 1. The van der Waals surface area contributed by atoms with Crippen LogP contribution in [0.1, 0.15) is 37.0 Å². The number of nitrogens with one attached hydrogen (secondary N) is 1. The number of aryl methyl sites for hydroxylation is 2. The minimum absolute atomic E-state index is 0.348. The summed E-state index contributed by atoms with van der Waals surface area (Å²) in [5.74, 6) is -0.0664. The highest BCUT2D eigenvalue weighted by molar-refractivity contribution is 6.49. The number of imide groups is 1. The van der Waals surface area contributed by atoms with Crippen molar-refractivity contribution < 1.29 is 14.3 Å². The van der Waals surface area contributed by atoms with Crippen LogP contribution >= 0.6 is 0 Å². The van der Waals surface area contributed by atoms with Gasteiger partial charge in [-0.1, -0.05) is 26.0 Å². The quantitative estimate of drug-likeness (QED) is 0.685. The summed E-state index contributed by atoms with van der Waals surface area (Å²) in [4.78, 5) is 25.2. The van der Waals surface area contributed by atoms with Crippen LogP contribution in [0, 0.1) is 0 Å². The molecule has 0 fully saturated rings. The van der Waals surface area contributed by atoms with Gasteiger partial charge in [-0.15, -0.1) is 0 Å². The molecule has 1 aromatic heterocycles. The number of ether oxygens (including phenoxy) is 1. The highest BCUT2D eigenvalue weighted by Crippen LogP contribution is 2.36. The third-order valence-electron chi connectivity index (χ3n) is 5.36. The molecule has 5 nitrogen and oxygen atoms in total. The van der Waals surface area contributed by atoms with Crippen molar-refractivity contribution in [2.24, 2.45) is 0 Å². The van der Waals surface area contributed by atoms with Crippen LogP contribution < -0.4 is 10.1 Å². The van der Waals surface area contributed by atoms with Crippen molar-refractivity contribution in [3.05, 3.63) is 65.4 Å². The lowest BCUT2D eigenvalue weighted by Gasteiger charge is -2.17. The van der Waals surface area contributed by atoms with Gasteiger partial charge in [-0.2, -0.15) is 0 Å². The molecule has 0 saturated heterocycles. The van der Waals surface area contributed by atoms with Gasteiger partial charge in [0.15, 0.2) is 0 Å². The van der Waals surface area contributed by atoms with E-state index >= 15 is 0 Å². The number of nitrogens with zero attached hydrogens (tertiary/aromatic N) is 1. The van der Waals surface area contributed by atoms with E-state index in [0.29, 0.717) is 22.5 Å². The minimum Gasteiger partial charge on any atom is -0.497 e. The molecular formula is C24H24N2O3. The molecule has 1 N–H and O–H groups in total. The van der Waals surface area contributed by atoms with Gasteiger partial charge in [0.05, 0.1) is 23.8 Å². The van der Waals surface area contributed by atoms with Crippen molar-refractivity contribution in [3.63, 3.8) is 0 Å². The van der Waals surface area contributed by atoms with E-state index in [0.717, 1.165) is 30.3 Å². The van der Waals surface area contributed by atoms with Crippen molar-refractivity contribution in [2.45, 2.75) is 33.2 Å². The lowest BCUT2D eigenvalue weighted by Crippen LogP contribution is -2.22. The van der Waals surface area contributed by atoms with Gasteiger partial charge < -0.3 is 9.30 Å². The van der Waals surface area contributed by atoms with E-state index in [9.17, 15) is 9.59 Å². The van der Waals surface area contributed by atoms with E-state index in [1.54, 1.807) is 13.2 Å². The van der Waals surface area contributed by atoms with Gasteiger partial charge in [0, 0.05) is 18.1 Å². The van der Waals surface area contributed by atoms with Crippen LogP contribution in [-0.4, -0.2) is 23.5 Å². The van der Waals surface area contributed by atoms with Gasteiger partial charge in [-0.3, -0.25) is 14.9 Å². The SMILES string of the molecule is CC.COc1cccc(C2=C(c3cc4c5c(ccn5CCC4)c3)C(=O)NC2=O)c1. The van der Waals surface area contributed by atoms with Crippen LogP contribution in [0.2, 0.25) is 0 Å². The summed E-state index contributed by atoms with van der Waals surface area (Å²) < 4.78 is 7.54. The van der Waals surface area contributed by atoms with E-state index in [1.165, 1.54) is 11.1 Å². The first-order valence-corrected chi connectivity index (χ1v) is 10.0. The Morgan fingerprint density at radius 1 is 0.966 bits per heavy atom. The predicted octanol–water partition coefficient (Wildman–Crippen LogP) is 4.19. The first-order chi connectivity index (χ1) is 14.2. The maximum Gasteiger partial charge on any atom is 0.259 e. The number of carbonyl (C=O) groups is 2. The second kappa shape index (κ2) is 7.59. The molecule has 3 heterocycles. The normalized spacial score (nSPS) is 15.3. The maximum atomic E-state index is 12.7. The van der Waals surface area contributed by atoms with E-state index in [4.69, 9.17) is 4.74 Å². The Kier molecular flexibility index (Phi) is 4.97. The van der Waals surface area contributed by atoms with Crippen molar-refractivity contribution in [1.29, 1.82) is 0 Å². The van der Waals surface area contributed by atoms with Crippen LogP contribution in [0.3, 0.4) is 0 Å². The first-order valence-electron chi connectivity index (χ1n) is 10.0. The number of hydrogen-bond donors (Lipinski definition) is 1. The van der Waals surface area contributed by atoms with E-state index in [-0.39, 0.29) is 11.8 Å². The summed E-state index contributed by atoms with van der Waals surface area (Å²) in [5.41, 5.74) is 4.77. The fourth-order valence-corrected chi connectivity index (χ4v) is 4.19. The molecule has 3 aromatic rings. The molecule has 5 heteroatoms. The standard InChI is InChI=1S/C22H18N2O3.C2H6/c1-27-17-6-2-4-13(12-17)18-19(22(26)23-21(18)25)16-10-14-5-3-8-24-9-7-15(11-16)20(14)24;1-2/h2,4,6-7,9-12H,3,5,8H2,1H3,(H,23,25,26);1-2H3. The van der Waals surface area contributed by atoms with E-state index in [2.05, 4.69) is 28.2 Å². The zero-order valence-electron chi connectivity index (χ0n) is 16.9. The zero-order valence-corrected chi connectivity index (χ0v) is 16.9. The Labute approximate surface area is 170 Å². The summed E-state index contributed by atoms with van der Waals surface area (Å²) in [5, 5.41) is 3.56. The molecule has 0 unspecified atom stereocenters. The molecular weight excluding hydrogens is 364 g/mol. The number of carbonyl (C=O) groups excluding carboxylic acids is 2. The highest BCUT2D eigenvalue weighted by Gasteiger charge is 2.33. The molecule has 0 radical (unpaired) electrons. The van der Waals surface area contributed by atoms with E-state index < -0.39 is 0 Å². The molecule has 29 heavy (non-hydrogen) atoms. The minimum atomic E-state index is -0.366. The van der Waals surface area contributed by atoms with Crippen LogP contribution in [-0.2, 0) is 22.6 Å². The first kappa shape index (κ1) is 19.0. The molecule has 2 aliphatic rings. The second-order valence-electron chi connectivity index (χ2n) is 6.95. The van der Waals surface area contributed by atoms with Crippen molar-refractivity contribution in [3.8, 4) is 5.75 Å². The van der Waals surface area contributed by atoms with Gasteiger partial charge >= 0.3 is 0 Å². The van der Waals surface area contributed by atoms with Crippen molar-refractivity contribution >= 4 is 33.9 Å². The van der Waals surface area contributed by atoms with Gasteiger partial charge in [-0.05, 0) is 59.9 Å². The fourth-order valence-electron chi connectivity index (χ4n) is 4.19. The number of benzene rings is 2. The number of hydrogen-bond acceptors (Lipinski definition) is 3. The van der Waals surface area contributed by atoms with Gasteiger partial charge in [0.1, 0.15) is 5.75 Å². The molecule has 0 spiro atoms. The summed E-state index contributed by atoms with van der Waals surface area (Å²) in [6.45, 7) is 5.02. The van der Waals surface area contributed by atoms with Crippen molar-refractivity contribution in [2.75, 3.05) is 7.11 Å². The average molecular weight is 388 g/mol. The Morgan fingerprint density at radius 2 is 1.72 bits per heavy atom. The molecule has 5 rings (SSSR count). The van der Waals surface area contributed by atoms with Crippen LogP contribution in [0.15, 0.2) is 48.7 Å². The Morgan fingerprint density at radius 3 is 2.48 bits per heavy atom. The van der Waals surface area contributed by atoms with Gasteiger partial charge in [0.25, 0.3) is 11.8 Å². The molecule has 2 aromatic carbocycles. The smallest absolute Gasteiger partial charge is 0.259 e. The summed E-state index contributed by atoms with van der Waals surface area (Å²) in [7, 11) is 1.58. The van der Waals surface area contributed by atoms with Gasteiger partial charge in [-0.25, -0.2) is 0 Å². The Balaban J connectivity index is 0.000000994. The summed E-state index contributed by atoms with van der Waals surface area (Å²) >= 11 is 0. The van der Waals surface area contributed by atoms with Crippen LogP contribution in [0.4, 0.5) is 0 Å². The Hall–Kier alpha value is -3.34. The predicted molar refractivity (Wildman–Crippen MR) is 115 cm³/mol. The summed E-state index contributed by atoms with van der Waals surface area (Å²) in [6, 6.07) is 13.4. The number of rotatable bonds is 3. The molecule has 148 valence electrons. The molecule has 0 aliphatic carbocycles. The fraction of sp³-hybridized carbons (Fsp3) is 0.250. The Bertz CT molecular complexity index is 1150. The lowest BCUT2D eigenvalue weighted by molar-refractivity contribution is -0.122.